The first-order chi connectivity index (χ1) is 10.1. The van der Waals surface area contributed by atoms with Gasteiger partial charge >= 0.3 is 0 Å². The Hall–Kier alpha value is -2.82. The maximum Gasteiger partial charge on any atom is 0.232 e. The van der Waals surface area contributed by atoms with Crippen molar-refractivity contribution in [2.75, 3.05) is 17.7 Å². The first-order valence-electron chi connectivity index (χ1n) is 6.60. The van der Waals surface area contributed by atoms with Crippen molar-refractivity contribution < 1.29 is 9.32 Å². The van der Waals surface area contributed by atoms with Gasteiger partial charge < -0.3 is 15.2 Å². The molecular formula is C16H15N3O2. The molecule has 1 heterocycles. The molecule has 3 rings (SSSR count). The fourth-order valence-corrected chi connectivity index (χ4v) is 2.17. The molecular weight excluding hydrogens is 266 g/mol. The summed E-state index contributed by atoms with van der Waals surface area (Å²) in [6.45, 7) is 0. The second kappa shape index (κ2) is 5.28. The number of rotatable bonds is 3. The van der Waals surface area contributed by atoms with Gasteiger partial charge in [0.15, 0.2) is 5.58 Å². The molecule has 0 bridgehead atoms. The van der Waals surface area contributed by atoms with Crippen molar-refractivity contribution in [2.24, 2.45) is 0 Å². The van der Waals surface area contributed by atoms with Crippen LogP contribution in [0.2, 0.25) is 0 Å². The van der Waals surface area contributed by atoms with Gasteiger partial charge in [0.1, 0.15) is 5.69 Å². The van der Waals surface area contributed by atoms with E-state index in [-0.39, 0.29) is 12.3 Å². The van der Waals surface area contributed by atoms with Crippen LogP contribution >= 0.6 is 0 Å². The van der Waals surface area contributed by atoms with Gasteiger partial charge in [-0.2, -0.15) is 0 Å². The molecule has 0 aliphatic carbocycles. The van der Waals surface area contributed by atoms with E-state index in [1.54, 1.807) is 24.1 Å². The molecule has 2 N–H and O–H groups in total. The topological polar surface area (TPSA) is 72.4 Å². The highest BCUT2D eigenvalue weighted by atomic mass is 16.5. The second-order valence-electron chi connectivity index (χ2n) is 4.85. The van der Waals surface area contributed by atoms with Crippen molar-refractivity contribution in [1.29, 1.82) is 0 Å². The molecule has 0 atom stereocenters. The molecule has 0 aliphatic rings. The Morgan fingerprint density at radius 1 is 1.19 bits per heavy atom. The Labute approximate surface area is 121 Å². The molecule has 1 amide bonds. The number of carbonyl (C=O) groups excluding carboxylic acids is 1. The summed E-state index contributed by atoms with van der Waals surface area (Å²) in [4.78, 5) is 13.9. The minimum Gasteiger partial charge on any atom is -0.399 e. The van der Waals surface area contributed by atoms with E-state index in [4.69, 9.17) is 10.3 Å². The van der Waals surface area contributed by atoms with Crippen LogP contribution in [0.1, 0.15) is 5.69 Å². The molecule has 0 unspecified atom stereocenters. The summed E-state index contributed by atoms with van der Waals surface area (Å²) in [7, 11) is 1.73. The number of para-hydroxylation sites is 1. The Balaban J connectivity index is 1.81. The number of aromatic nitrogens is 1. The normalized spacial score (nSPS) is 10.7. The Bertz CT molecular complexity index is 778. The van der Waals surface area contributed by atoms with Crippen molar-refractivity contribution in [3.05, 3.63) is 54.2 Å². The van der Waals surface area contributed by atoms with Crippen LogP contribution in [0, 0.1) is 0 Å². The van der Waals surface area contributed by atoms with Crippen LogP contribution in [0.25, 0.3) is 11.0 Å². The van der Waals surface area contributed by atoms with Crippen LogP contribution in [0.3, 0.4) is 0 Å². The van der Waals surface area contributed by atoms with E-state index in [2.05, 4.69) is 5.16 Å². The predicted molar refractivity (Wildman–Crippen MR) is 82.0 cm³/mol. The summed E-state index contributed by atoms with van der Waals surface area (Å²) in [5.41, 5.74) is 8.45. The number of hydrogen-bond acceptors (Lipinski definition) is 4. The van der Waals surface area contributed by atoms with Crippen LogP contribution in [-0.4, -0.2) is 18.1 Å². The summed E-state index contributed by atoms with van der Waals surface area (Å²) in [5, 5.41) is 4.85. The first-order valence-corrected chi connectivity index (χ1v) is 6.60. The fourth-order valence-electron chi connectivity index (χ4n) is 2.17. The van der Waals surface area contributed by atoms with Gasteiger partial charge in [-0.3, -0.25) is 4.79 Å². The van der Waals surface area contributed by atoms with Crippen LogP contribution in [0.5, 0.6) is 0 Å². The minimum atomic E-state index is -0.0566. The predicted octanol–water partition coefficient (Wildman–Crippen LogP) is 2.62. The lowest BCUT2D eigenvalue weighted by Crippen LogP contribution is -2.27. The molecule has 5 heteroatoms. The third kappa shape index (κ3) is 2.58. The summed E-state index contributed by atoms with van der Waals surface area (Å²) in [6.07, 6.45) is 0.192. The fraction of sp³-hybridized carbons (Fsp3) is 0.125. The third-order valence-corrected chi connectivity index (χ3v) is 3.43. The lowest BCUT2D eigenvalue weighted by molar-refractivity contribution is -0.117. The highest BCUT2D eigenvalue weighted by molar-refractivity contribution is 5.96. The first kappa shape index (κ1) is 13.2. The number of nitrogens with two attached hydrogens (primary N) is 1. The average Bonchev–Trinajstić information content (AvgIpc) is 2.91. The molecule has 0 aliphatic heterocycles. The van der Waals surface area contributed by atoms with Crippen LogP contribution < -0.4 is 10.6 Å². The Morgan fingerprint density at radius 2 is 1.90 bits per heavy atom. The second-order valence-corrected chi connectivity index (χ2v) is 4.85. The van der Waals surface area contributed by atoms with Gasteiger partial charge in [0, 0.05) is 23.8 Å². The number of likely N-dealkylation sites (N-methyl/N-ethyl adjacent to an activating group) is 1. The Morgan fingerprint density at radius 3 is 2.67 bits per heavy atom. The zero-order chi connectivity index (χ0) is 14.8. The molecule has 5 nitrogen and oxygen atoms in total. The summed E-state index contributed by atoms with van der Waals surface area (Å²) in [6, 6.07) is 14.7. The van der Waals surface area contributed by atoms with Crippen molar-refractivity contribution in [2.45, 2.75) is 6.42 Å². The Kier molecular flexibility index (Phi) is 3.31. The third-order valence-electron chi connectivity index (χ3n) is 3.43. The lowest BCUT2D eigenvalue weighted by atomic mass is 10.1. The van der Waals surface area contributed by atoms with E-state index in [0.29, 0.717) is 17.0 Å². The smallest absolute Gasteiger partial charge is 0.232 e. The van der Waals surface area contributed by atoms with Crippen molar-refractivity contribution in [3.63, 3.8) is 0 Å². The highest BCUT2D eigenvalue weighted by Gasteiger charge is 2.16. The van der Waals surface area contributed by atoms with Gasteiger partial charge in [-0.1, -0.05) is 17.3 Å². The van der Waals surface area contributed by atoms with Gasteiger partial charge in [-0.25, -0.2) is 0 Å². The molecule has 0 fully saturated rings. The highest BCUT2D eigenvalue weighted by Crippen LogP contribution is 2.20. The van der Waals surface area contributed by atoms with Crippen LogP contribution in [0.15, 0.2) is 53.1 Å². The molecule has 21 heavy (non-hydrogen) atoms. The average molecular weight is 281 g/mol. The van der Waals surface area contributed by atoms with Crippen molar-refractivity contribution >= 4 is 28.3 Å². The maximum atomic E-state index is 12.4. The van der Waals surface area contributed by atoms with E-state index in [9.17, 15) is 4.79 Å². The number of benzene rings is 2. The molecule has 0 saturated carbocycles. The van der Waals surface area contributed by atoms with E-state index in [1.807, 2.05) is 36.4 Å². The number of anilines is 2. The summed E-state index contributed by atoms with van der Waals surface area (Å²) in [5.74, 6) is -0.0566. The molecule has 0 saturated heterocycles. The molecule has 0 radical (unpaired) electrons. The molecule has 3 aromatic rings. The molecule has 0 spiro atoms. The van der Waals surface area contributed by atoms with E-state index in [1.165, 1.54) is 0 Å². The SMILES string of the molecule is CN(C(=O)Cc1noc2ccccc12)c1ccc(N)cc1. The number of fused-ring (bicyclic) bond motifs is 1. The molecule has 106 valence electrons. The van der Waals surface area contributed by atoms with Gasteiger partial charge in [-0.05, 0) is 36.4 Å². The van der Waals surface area contributed by atoms with Gasteiger partial charge in [0.25, 0.3) is 0 Å². The van der Waals surface area contributed by atoms with E-state index < -0.39 is 0 Å². The van der Waals surface area contributed by atoms with E-state index in [0.717, 1.165) is 11.1 Å². The standard InChI is InChI=1S/C16H15N3O2/c1-19(12-8-6-11(17)7-9-12)16(20)10-14-13-4-2-3-5-15(13)21-18-14/h2-9H,10,17H2,1H3. The van der Waals surface area contributed by atoms with Crippen LogP contribution in [-0.2, 0) is 11.2 Å². The van der Waals surface area contributed by atoms with Gasteiger partial charge in [-0.15, -0.1) is 0 Å². The zero-order valence-electron chi connectivity index (χ0n) is 11.6. The van der Waals surface area contributed by atoms with Crippen molar-refractivity contribution in [3.8, 4) is 0 Å². The summed E-state index contributed by atoms with van der Waals surface area (Å²) >= 11 is 0. The largest absolute Gasteiger partial charge is 0.399 e. The van der Waals surface area contributed by atoms with Gasteiger partial charge in [0.05, 0.1) is 6.42 Å². The quantitative estimate of drug-likeness (QED) is 0.749. The number of nitrogens with zero attached hydrogens (tertiary/aromatic N) is 2. The van der Waals surface area contributed by atoms with E-state index >= 15 is 0 Å². The van der Waals surface area contributed by atoms with Gasteiger partial charge in [0.2, 0.25) is 5.91 Å². The monoisotopic (exact) mass is 281 g/mol. The maximum absolute atomic E-state index is 12.4. The zero-order valence-corrected chi connectivity index (χ0v) is 11.6. The minimum absolute atomic E-state index is 0.0566. The number of nitrogen functional groups attached to an aromatic ring is 1. The van der Waals surface area contributed by atoms with Crippen LogP contribution in [0.4, 0.5) is 11.4 Å². The number of amides is 1. The van der Waals surface area contributed by atoms with Crippen molar-refractivity contribution in [1.82, 2.24) is 5.16 Å². The molecule has 2 aromatic carbocycles. The lowest BCUT2D eigenvalue weighted by Gasteiger charge is -2.16. The number of hydrogen-bond donors (Lipinski definition) is 1. The molecule has 1 aromatic heterocycles. The number of carbonyl (C=O) groups is 1. The summed E-state index contributed by atoms with van der Waals surface area (Å²) < 4.78 is 5.21.